The number of aromatic nitrogens is 1. The van der Waals surface area contributed by atoms with Gasteiger partial charge in [0.1, 0.15) is 11.6 Å². The van der Waals surface area contributed by atoms with Crippen LogP contribution in [0.4, 0.5) is 20.3 Å². The van der Waals surface area contributed by atoms with Gasteiger partial charge in [-0.2, -0.15) is 4.39 Å². The Balaban J connectivity index is 1.45. The molecule has 3 aromatic rings. The van der Waals surface area contributed by atoms with Crippen LogP contribution in [0.2, 0.25) is 0 Å². The van der Waals surface area contributed by atoms with E-state index in [1.165, 1.54) is 6.07 Å². The molecule has 0 spiro atoms. The summed E-state index contributed by atoms with van der Waals surface area (Å²) in [5, 5.41) is 2.92. The van der Waals surface area contributed by atoms with Crippen LogP contribution in [-0.4, -0.2) is 42.1 Å². The summed E-state index contributed by atoms with van der Waals surface area (Å²) < 4.78 is 29.8. The Labute approximate surface area is 204 Å². The van der Waals surface area contributed by atoms with Crippen LogP contribution in [0.3, 0.4) is 0 Å². The summed E-state index contributed by atoms with van der Waals surface area (Å²) in [4.78, 5) is 8.76. The summed E-state index contributed by atoms with van der Waals surface area (Å²) in [7, 11) is 0. The first-order valence-corrected chi connectivity index (χ1v) is 11.8. The molecule has 180 valence electrons. The largest absolute Gasteiger partial charge is 0.383 e. The summed E-state index contributed by atoms with van der Waals surface area (Å²) in [5.41, 5.74) is 10.8. The van der Waals surface area contributed by atoms with E-state index in [1.54, 1.807) is 18.3 Å². The molecule has 0 bridgehead atoms. The molecule has 5 nitrogen and oxygen atoms in total. The van der Waals surface area contributed by atoms with Gasteiger partial charge in [-0.05, 0) is 66.9 Å². The highest BCUT2D eigenvalue weighted by molar-refractivity contribution is 5.85. The maximum atomic E-state index is 14.9. The smallest absolute Gasteiger partial charge is 0.222 e. The highest BCUT2D eigenvalue weighted by Crippen LogP contribution is 2.36. The van der Waals surface area contributed by atoms with Crippen LogP contribution < -0.4 is 16.0 Å². The zero-order valence-electron chi connectivity index (χ0n) is 20.0. The topological polar surface area (TPSA) is 57.4 Å². The number of hydrogen-bond donors (Lipinski definition) is 2. The molecule has 0 radical (unpaired) electrons. The Morgan fingerprint density at radius 1 is 0.971 bits per heavy atom. The molecule has 35 heavy (non-hydrogen) atoms. The number of anilines is 2. The number of pyridine rings is 1. The third-order valence-corrected chi connectivity index (χ3v) is 6.85. The lowest BCUT2D eigenvalue weighted by atomic mass is 9.94. The molecule has 3 heterocycles. The molecule has 2 aliphatic heterocycles. The average molecular weight is 474 g/mol. The molecule has 5 rings (SSSR count). The van der Waals surface area contributed by atoms with Crippen molar-refractivity contribution in [1.29, 1.82) is 0 Å². The molecular formula is C28H29F2N5. The van der Waals surface area contributed by atoms with E-state index < -0.39 is 11.8 Å². The van der Waals surface area contributed by atoms with Crippen LogP contribution in [-0.2, 0) is 0 Å². The van der Waals surface area contributed by atoms with E-state index in [2.05, 4.69) is 40.5 Å². The van der Waals surface area contributed by atoms with Gasteiger partial charge in [0.15, 0.2) is 0 Å². The fraction of sp³-hybridized carbons (Fsp3) is 0.250. The highest BCUT2D eigenvalue weighted by atomic mass is 19.1. The Kier molecular flexibility index (Phi) is 6.03. The minimum Gasteiger partial charge on any atom is -0.383 e. The van der Waals surface area contributed by atoms with Gasteiger partial charge in [-0.15, -0.1) is 0 Å². The number of piperazine rings is 1. The number of nitrogens with zero attached hydrogens (tertiary/aromatic N) is 3. The molecule has 1 fully saturated rings. The minimum absolute atomic E-state index is 0.0157. The van der Waals surface area contributed by atoms with Crippen LogP contribution in [0.25, 0.3) is 34.0 Å². The van der Waals surface area contributed by atoms with Crippen LogP contribution in [0, 0.1) is 11.8 Å². The van der Waals surface area contributed by atoms with Gasteiger partial charge >= 0.3 is 0 Å². The lowest BCUT2D eigenvalue weighted by molar-refractivity contribution is 0.209. The van der Waals surface area contributed by atoms with E-state index in [0.29, 0.717) is 45.1 Å². The van der Waals surface area contributed by atoms with E-state index >= 15 is 0 Å². The van der Waals surface area contributed by atoms with Crippen molar-refractivity contribution in [3.63, 3.8) is 0 Å². The quantitative estimate of drug-likeness (QED) is 0.500. The van der Waals surface area contributed by atoms with E-state index in [9.17, 15) is 8.78 Å². The first-order chi connectivity index (χ1) is 16.8. The fourth-order valence-corrected chi connectivity index (χ4v) is 4.82. The Morgan fingerprint density at radius 3 is 2.37 bits per heavy atom. The molecule has 0 amide bonds. The molecule has 0 atom stereocenters. The minimum atomic E-state index is -0.652. The summed E-state index contributed by atoms with van der Waals surface area (Å²) >= 11 is 0. The Bertz CT molecular complexity index is 1310. The predicted molar refractivity (Wildman–Crippen MR) is 140 cm³/mol. The van der Waals surface area contributed by atoms with Gasteiger partial charge in [-0.25, -0.2) is 9.37 Å². The van der Waals surface area contributed by atoms with Gasteiger partial charge in [-0.3, -0.25) is 4.90 Å². The highest BCUT2D eigenvalue weighted by Gasteiger charge is 2.21. The van der Waals surface area contributed by atoms with Crippen molar-refractivity contribution in [3.8, 4) is 22.3 Å². The number of nitrogens with two attached hydrogens (primary N) is 1. The number of fused-ring (bicyclic) bond motifs is 1. The number of rotatable bonds is 4. The van der Waals surface area contributed by atoms with Crippen molar-refractivity contribution >= 4 is 23.3 Å². The maximum Gasteiger partial charge on any atom is 0.222 e. The van der Waals surface area contributed by atoms with Crippen molar-refractivity contribution in [1.82, 2.24) is 15.2 Å². The van der Waals surface area contributed by atoms with E-state index in [-0.39, 0.29) is 5.82 Å². The summed E-state index contributed by atoms with van der Waals surface area (Å²) in [6, 6.07) is 13.2. The molecule has 3 N–H and O–H groups in total. The lowest BCUT2D eigenvalue weighted by Crippen LogP contribution is -2.48. The summed E-state index contributed by atoms with van der Waals surface area (Å²) in [5.74, 6) is -1.06. The number of nitrogen functional groups attached to an aromatic ring is 1. The molecule has 1 aromatic heterocycles. The molecule has 0 aliphatic carbocycles. The van der Waals surface area contributed by atoms with Gasteiger partial charge in [-0.1, -0.05) is 18.7 Å². The monoisotopic (exact) mass is 473 g/mol. The van der Waals surface area contributed by atoms with Crippen LogP contribution in [0.15, 0.2) is 55.2 Å². The number of nitrogens with one attached hydrogen (secondary N) is 1. The second kappa shape index (κ2) is 9.15. The van der Waals surface area contributed by atoms with Crippen molar-refractivity contribution in [3.05, 3.63) is 78.1 Å². The normalized spacial score (nSPS) is 15.9. The first-order valence-electron chi connectivity index (χ1n) is 11.8. The predicted octanol–water partition coefficient (Wildman–Crippen LogP) is 5.35. The molecular weight excluding hydrogens is 444 g/mol. The molecule has 0 saturated carbocycles. The summed E-state index contributed by atoms with van der Waals surface area (Å²) in [6.07, 6.45) is 3.47. The molecule has 0 unspecified atom stereocenters. The standard InChI is InChI=1S/C28H29F2N5/c1-17(2)34-10-12-35(13-11-34)22-6-4-19(5-7-22)23-16-24(28(31)33-27(23)30)21-14-20-8-9-32-18(3)26(20)25(29)15-21/h4-9,14-17,32H,3,10-13H2,1-2H3,(H2,31,33). The van der Waals surface area contributed by atoms with E-state index in [1.807, 2.05) is 30.3 Å². The average Bonchev–Trinajstić information content (AvgIpc) is 2.84. The van der Waals surface area contributed by atoms with Crippen LogP contribution in [0.1, 0.15) is 25.0 Å². The lowest BCUT2D eigenvalue weighted by Gasteiger charge is -2.38. The third-order valence-electron chi connectivity index (χ3n) is 6.85. The van der Waals surface area contributed by atoms with Crippen molar-refractivity contribution in [2.45, 2.75) is 19.9 Å². The SMILES string of the molecule is C=C1NC=Cc2cc(-c3cc(-c4ccc(N5CCN(C(C)C)CC5)cc4)c(F)nc3N)cc(F)c21. The fourth-order valence-electron chi connectivity index (χ4n) is 4.82. The van der Waals surface area contributed by atoms with Gasteiger partial charge in [0, 0.05) is 66.5 Å². The van der Waals surface area contributed by atoms with Gasteiger partial charge in [0.2, 0.25) is 5.95 Å². The zero-order chi connectivity index (χ0) is 24.7. The van der Waals surface area contributed by atoms with Crippen LogP contribution >= 0.6 is 0 Å². The first kappa shape index (κ1) is 23.1. The van der Waals surface area contributed by atoms with Gasteiger partial charge < -0.3 is 16.0 Å². The number of halogens is 2. The zero-order valence-corrected chi connectivity index (χ0v) is 20.0. The Hall–Kier alpha value is -3.71. The van der Waals surface area contributed by atoms with Crippen molar-refractivity contribution in [2.24, 2.45) is 0 Å². The van der Waals surface area contributed by atoms with E-state index in [4.69, 9.17) is 5.73 Å². The Morgan fingerprint density at radius 2 is 1.69 bits per heavy atom. The second-order valence-electron chi connectivity index (χ2n) is 9.30. The molecule has 2 aromatic carbocycles. The molecule has 1 saturated heterocycles. The number of hydrogen-bond acceptors (Lipinski definition) is 5. The van der Waals surface area contributed by atoms with Crippen LogP contribution in [0.5, 0.6) is 0 Å². The summed E-state index contributed by atoms with van der Waals surface area (Å²) in [6.45, 7) is 12.3. The molecule has 7 heteroatoms. The molecule has 2 aliphatic rings. The van der Waals surface area contributed by atoms with E-state index in [0.717, 1.165) is 31.9 Å². The second-order valence-corrected chi connectivity index (χ2v) is 9.30. The van der Waals surface area contributed by atoms with Gasteiger partial charge in [0.05, 0.1) is 0 Å². The number of benzene rings is 2. The van der Waals surface area contributed by atoms with Crippen molar-refractivity contribution < 1.29 is 8.78 Å². The third kappa shape index (κ3) is 4.39. The van der Waals surface area contributed by atoms with Crippen molar-refractivity contribution in [2.75, 3.05) is 36.8 Å². The maximum absolute atomic E-state index is 14.9. The van der Waals surface area contributed by atoms with Gasteiger partial charge in [0.25, 0.3) is 0 Å².